The average molecular weight is 382 g/mol. The van der Waals surface area contributed by atoms with Crippen molar-refractivity contribution in [2.75, 3.05) is 16.8 Å². The number of aromatic nitrogens is 3. The summed E-state index contributed by atoms with van der Waals surface area (Å²) in [5.41, 5.74) is 10.6. The molecule has 0 atom stereocenters. The standard InChI is InChI=1S/C20H23N5OS/c1-4-25-19(16-7-5-6-8-17(16)21)23-24-20(25)27-12-18(26)22-15-10-13(2)9-14(3)11-15/h5-11H,4,12,21H2,1-3H3,(H,22,26). The molecule has 0 saturated carbocycles. The van der Waals surface area contributed by atoms with Gasteiger partial charge in [0.15, 0.2) is 11.0 Å². The van der Waals surface area contributed by atoms with Crippen LogP contribution in [-0.4, -0.2) is 26.4 Å². The van der Waals surface area contributed by atoms with E-state index in [1.807, 2.05) is 61.7 Å². The van der Waals surface area contributed by atoms with Crippen molar-refractivity contribution < 1.29 is 4.79 Å². The summed E-state index contributed by atoms with van der Waals surface area (Å²) in [4.78, 5) is 12.3. The molecule has 3 rings (SSSR count). The van der Waals surface area contributed by atoms with Crippen LogP contribution in [0, 0.1) is 13.8 Å². The molecule has 0 aliphatic heterocycles. The quantitative estimate of drug-likeness (QED) is 0.500. The first kappa shape index (κ1) is 19.0. The molecular weight excluding hydrogens is 358 g/mol. The number of anilines is 2. The highest BCUT2D eigenvalue weighted by molar-refractivity contribution is 7.99. The van der Waals surface area contributed by atoms with Gasteiger partial charge in [0, 0.05) is 23.5 Å². The second-order valence-corrected chi connectivity index (χ2v) is 7.29. The van der Waals surface area contributed by atoms with Gasteiger partial charge in [-0.15, -0.1) is 10.2 Å². The third kappa shape index (κ3) is 4.49. The van der Waals surface area contributed by atoms with Gasteiger partial charge in [-0.1, -0.05) is 30.0 Å². The number of hydrogen-bond acceptors (Lipinski definition) is 5. The first-order chi connectivity index (χ1) is 13.0. The molecule has 3 N–H and O–H groups in total. The molecule has 0 spiro atoms. The van der Waals surface area contributed by atoms with Gasteiger partial charge in [0.2, 0.25) is 5.91 Å². The lowest BCUT2D eigenvalue weighted by molar-refractivity contribution is -0.113. The topological polar surface area (TPSA) is 85.8 Å². The number of amides is 1. The molecule has 0 radical (unpaired) electrons. The van der Waals surface area contributed by atoms with Crippen molar-refractivity contribution >= 4 is 29.0 Å². The fourth-order valence-electron chi connectivity index (χ4n) is 2.95. The maximum Gasteiger partial charge on any atom is 0.234 e. The second-order valence-electron chi connectivity index (χ2n) is 6.35. The van der Waals surface area contributed by atoms with Gasteiger partial charge in [-0.3, -0.25) is 4.79 Å². The molecule has 27 heavy (non-hydrogen) atoms. The Morgan fingerprint density at radius 2 is 1.85 bits per heavy atom. The highest BCUT2D eigenvalue weighted by atomic mass is 32.2. The smallest absolute Gasteiger partial charge is 0.234 e. The summed E-state index contributed by atoms with van der Waals surface area (Å²) in [6.07, 6.45) is 0. The SMILES string of the molecule is CCn1c(SCC(=O)Nc2cc(C)cc(C)c2)nnc1-c1ccccc1N. The summed E-state index contributed by atoms with van der Waals surface area (Å²) < 4.78 is 1.97. The van der Waals surface area contributed by atoms with Crippen molar-refractivity contribution in [1.82, 2.24) is 14.8 Å². The Morgan fingerprint density at radius 3 is 2.52 bits per heavy atom. The fraction of sp³-hybridized carbons (Fsp3) is 0.250. The zero-order chi connectivity index (χ0) is 19.4. The van der Waals surface area contributed by atoms with Gasteiger partial charge >= 0.3 is 0 Å². The highest BCUT2D eigenvalue weighted by Crippen LogP contribution is 2.27. The Morgan fingerprint density at radius 1 is 1.15 bits per heavy atom. The van der Waals surface area contributed by atoms with Crippen LogP contribution in [0.2, 0.25) is 0 Å². The number of nitrogens with two attached hydrogens (primary N) is 1. The molecule has 0 unspecified atom stereocenters. The molecule has 0 bridgehead atoms. The normalized spacial score (nSPS) is 10.8. The minimum Gasteiger partial charge on any atom is -0.398 e. The number of para-hydroxylation sites is 1. The Bertz CT molecular complexity index is 947. The van der Waals surface area contributed by atoms with Gasteiger partial charge in [-0.05, 0) is 56.2 Å². The average Bonchev–Trinajstić information content (AvgIpc) is 3.02. The molecule has 0 aliphatic rings. The van der Waals surface area contributed by atoms with Crippen LogP contribution in [0.4, 0.5) is 11.4 Å². The minimum absolute atomic E-state index is 0.0728. The number of nitrogens with one attached hydrogen (secondary N) is 1. The van der Waals surface area contributed by atoms with Crippen molar-refractivity contribution in [2.24, 2.45) is 0 Å². The molecule has 6 nitrogen and oxygen atoms in total. The van der Waals surface area contributed by atoms with Crippen LogP contribution in [0.3, 0.4) is 0 Å². The van der Waals surface area contributed by atoms with Crippen LogP contribution in [0.5, 0.6) is 0 Å². The van der Waals surface area contributed by atoms with Crippen LogP contribution in [0.15, 0.2) is 47.6 Å². The largest absolute Gasteiger partial charge is 0.398 e. The van der Waals surface area contributed by atoms with Crippen LogP contribution in [0.1, 0.15) is 18.1 Å². The van der Waals surface area contributed by atoms with Gasteiger partial charge < -0.3 is 15.6 Å². The number of carbonyl (C=O) groups excluding carboxylic acids is 1. The van der Waals surface area contributed by atoms with Gasteiger partial charge in [-0.25, -0.2) is 0 Å². The van der Waals surface area contributed by atoms with E-state index in [9.17, 15) is 4.79 Å². The molecule has 1 heterocycles. The summed E-state index contributed by atoms with van der Waals surface area (Å²) in [5.74, 6) is 0.902. The summed E-state index contributed by atoms with van der Waals surface area (Å²) in [6, 6.07) is 13.6. The number of hydrogen-bond donors (Lipinski definition) is 2. The van der Waals surface area contributed by atoms with Crippen LogP contribution < -0.4 is 11.1 Å². The molecule has 2 aromatic carbocycles. The molecule has 0 fully saturated rings. The van der Waals surface area contributed by atoms with Crippen molar-refractivity contribution in [3.05, 3.63) is 53.6 Å². The maximum absolute atomic E-state index is 12.3. The maximum atomic E-state index is 12.3. The van der Waals surface area contributed by atoms with Gasteiger partial charge in [0.05, 0.1) is 5.75 Å². The lowest BCUT2D eigenvalue weighted by Gasteiger charge is -2.09. The molecular formula is C20H23N5OS. The summed E-state index contributed by atoms with van der Waals surface area (Å²) in [7, 11) is 0. The first-order valence-corrected chi connectivity index (χ1v) is 9.75. The van der Waals surface area contributed by atoms with E-state index in [2.05, 4.69) is 21.6 Å². The third-order valence-corrected chi connectivity index (χ3v) is 5.04. The highest BCUT2D eigenvalue weighted by Gasteiger charge is 2.16. The zero-order valence-corrected chi connectivity index (χ0v) is 16.5. The number of nitrogens with zero attached hydrogens (tertiary/aromatic N) is 3. The predicted octanol–water partition coefficient (Wildman–Crippen LogP) is 3.89. The van der Waals surface area contributed by atoms with Crippen LogP contribution in [0.25, 0.3) is 11.4 Å². The Kier molecular flexibility index (Phi) is 5.81. The Balaban J connectivity index is 1.71. The van der Waals surface area contributed by atoms with Gasteiger partial charge in [0.1, 0.15) is 0 Å². The number of thioether (sulfide) groups is 1. The van der Waals surface area contributed by atoms with E-state index in [-0.39, 0.29) is 11.7 Å². The second kappa shape index (κ2) is 8.26. The number of benzene rings is 2. The lowest BCUT2D eigenvalue weighted by atomic mass is 10.1. The van der Waals surface area contributed by atoms with Crippen molar-refractivity contribution in [2.45, 2.75) is 32.5 Å². The van der Waals surface area contributed by atoms with Crippen molar-refractivity contribution in [3.63, 3.8) is 0 Å². The van der Waals surface area contributed by atoms with Crippen LogP contribution in [-0.2, 0) is 11.3 Å². The minimum atomic E-state index is -0.0728. The lowest BCUT2D eigenvalue weighted by Crippen LogP contribution is -2.15. The van der Waals surface area contributed by atoms with E-state index in [1.54, 1.807) is 0 Å². The molecule has 140 valence electrons. The summed E-state index contributed by atoms with van der Waals surface area (Å²) in [6.45, 7) is 6.74. The van der Waals surface area contributed by atoms with E-state index >= 15 is 0 Å². The van der Waals surface area contributed by atoms with E-state index in [4.69, 9.17) is 5.73 Å². The summed E-state index contributed by atoms with van der Waals surface area (Å²) in [5, 5.41) is 12.2. The molecule has 0 aliphatic carbocycles. The monoisotopic (exact) mass is 381 g/mol. The van der Waals surface area contributed by atoms with E-state index in [1.165, 1.54) is 11.8 Å². The van der Waals surface area contributed by atoms with E-state index in [0.29, 0.717) is 23.2 Å². The third-order valence-electron chi connectivity index (χ3n) is 4.07. The van der Waals surface area contributed by atoms with Crippen LogP contribution >= 0.6 is 11.8 Å². The number of aryl methyl sites for hydroxylation is 2. The number of carbonyl (C=O) groups is 1. The fourth-order valence-corrected chi connectivity index (χ4v) is 3.76. The first-order valence-electron chi connectivity index (χ1n) is 8.77. The van der Waals surface area contributed by atoms with Crippen molar-refractivity contribution in [3.8, 4) is 11.4 Å². The molecule has 7 heteroatoms. The number of nitrogen functional groups attached to an aromatic ring is 1. The summed E-state index contributed by atoms with van der Waals surface area (Å²) >= 11 is 1.37. The van der Waals surface area contributed by atoms with Crippen molar-refractivity contribution in [1.29, 1.82) is 0 Å². The molecule has 0 saturated heterocycles. The molecule has 1 aromatic heterocycles. The predicted molar refractivity (Wildman–Crippen MR) is 111 cm³/mol. The zero-order valence-electron chi connectivity index (χ0n) is 15.7. The number of rotatable bonds is 6. The van der Waals surface area contributed by atoms with E-state index in [0.717, 1.165) is 22.4 Å². The van der Waals surface area contributed by atoms with E-state index < -0.39 is 0 Å². The van der Waals surface area contributed by atoms with Gasteiger partial charge in [-0.2, -0.15) is 0 Å². The van der Waals surface area contributed by atoms with Gasteiger partial charge in [0.25, 0.3) is 0 Å². The Hall–Kier alpha value is -2.80. The molecule has 1 amide bonds. The Labute approximate surface area is 163 Å². The molecule has 3 aromatic rings.